The third-order valence-electron chi connectivity index (χ3n) is 1.69. The zero-order chi connectivity index (χ0) is 11.7. The fraction of sp³-hybridized carbons (Fsp3) is 0.286. The molecule has 0 aromatic carbocycles. The fourth-order valence-electron chi connectivity index (χ4n) is 1.11. The van der Waals surface area contributed by atoms with Crippen LogP contribution in [0.1, 0.15) is 0 Å². The molecule has 0 aliphatic rings. The molecule has 2 aromatic rings. The Balaban J connectivity index is 2.31. The van der Waals surface area contributed by atoms with Crippen LogP contribution < -0.4 is 5.73 Å². The van der Waals surface area contributed by atoms with E-state index in [9.17, 15) is 8.78 Å². The number of nitrogens with two attached hydrogens (primary N) is 1. The molecule has 0 spiro atoms. The predicted molar refractivity (Wildman–Crippen MR) is 56.6 cm³/mol. The van der Waals surface area contributed by atoms with Crippen LogP contribution in [0.5, 0.6) is 0 Å². The molecule has 0 atom stereocenters. The number of anilines is 1. The summed E-state index contributed by atoms with van der Waals surface area (Å²) in [5.74, 6) is 0. The van der Waals surface area contributed by atoms with E-state index in [0.29, 0.717) is 10.7 Å². The Morgan fingerprint density at radius 1 is 1.50 bits per heavy atom. The van der Waals surface area contributed by atoms with E-state index >= 15 is 0 Å². The maximum Gasteiger partial charge on any atom is 0.257 e. The zero-order valence-electron chi connectivity index (χ0n) is 7.77. The van der Waals surface area contributed by atoms with Gasteiger partial charge in [-0.1, -0.05) is 22.9 Å². The summed E-state index contributed by atoms with van der Waals surface area (Å²) in [6.45, 7) is -0.506. The first-order valence-electron chi connectivity index (χ1n) is 4.16. The third-order valence-corrected chi connectivity index (χ3v) is 2.72. The molecule has 0 bridgehead atoms. The summed E-state index contributed by atoms with van der Waals surface area (Å²) in [4.78, 5) is 0. The van der Waals surface area contributed by atoms with Crippen molar-refractivity contribution in [2.45, 2.75) is 13.0 Å². The lowest BCUT2D eigenvalue weighted by Gasteiger charge is -1.97. The van der Waals surface area contributed by atoms with Gasteiger partial charge >= 0.3 is 0 Å². The second kappa shape index (κ2) is 4.30. The van der Waals surface area contributed by atoms with Crippen LogP contribution in [0, 0.1) is 0 Å². The third kappa shape index (κ3) is 2.27. The van der Waals surface area contributed by atoms with Gasteiger partial charge in [0.1, 0.15) is 12.2 Å². The Morgan fingerprint density at radius 2 is 2.25 bits per heavy atom. The van der Waals surface area contributed by atoms with Gasteiger partial charge in [0.15, 0.2) is 5.01 Å². The Morgan fingerprint density at radius 3 is 2.81 bits per heavy atom. The van der Waals surface area contributed by atoms with Crippen LogP contribution in [0.3, 0.4) is 0 Å². The van der Waals surface area contributed by atoms with Gasteiger partial charge in [0.25, 0.3) is 6.43 Å². The van der Waals surface area contributed by atoms with Crippen LogP contribution in [0.15, 0.2) is 6.20 Å². The molecule has 2 heterocycles. The molecule has 86 valence electrons. The van der Waals surface area contributed by atoms with E-state index < -0.39 is 13.0 Å². The molecule has 9 heteroatoms. The lowest BCUT2D eigenvalue weighted by atomic mass is 10.5. The topological polar surface area (TPSA) is 69.6 Å². The average molecular weight is 266 g/mol. The molecule has 0 fully saturated rings. The first-order valence-corrected chi connectivity index (χ1v) is 5.36. The molecule has 0 aliphatic heterocycles. The summed E-state index contributed by atoms with van der Waals surface area (Å²) in [6, 6.07) is 0. The van der Waals surface area contributed by atoms with E-state index in [-0.39, 0.29) is 10.2 Å². The van der Waals surface area contributed by atoms with Crippen molar-refractivity contribution in [3.8, 4) is 10.7 Å². The van der Waals surface area contributed by atoms with Gasteiger partial charge in [-0.2, -0.15) is 5.10 Å². The van der Waals surface area contributed by atoms with Crippen molar-refractivity contribution in [3.63, 3.8) is 0 Å². The van der Waals surface area contributed by atoms with Gasteiger partial charge in [0.05, 0.1) is 5.02 Å². The van der Waals surface area contributed by atoms with Gasteiger partial charge < -0.3 is 5.73 Å². The summed E-state index contributed by atoms with van der Waals surface area (Å²) in [5, 5.41) is 12.2. The molecule has 5 nitrogen and oxygen atoms in total. The number of aromatic nitrogens is 4. The first-order chi connectivity index (χ1) is 7.56. The zero-order valence-corrected chi connectivity index (χ0v) is 9.34. The van der Waals surface area contributed by atoms with Crippen LogP contribution in [-0.4, -0.2) is 26.4 Å². The number of rotatable bonds is 3. The molecule has 0 unspecified atom stereocenters. The van der Waals surface area contributed by atoms with Gasteiger partial charge in [0.2, 0.25) is 5.13 Å². The van der Waals surface area contributed by atoms with Crippen molar-refractivity contribution in [2.75, 3.05) is 5.73 Å². The van der Waals surface area contributed by atoms with E-state index in [4.69, 9.17) is 17.3 Å². The van der Waals surface area contributed by atoms with Crippen molar-refractivity contribution in [1.82, 2.24) is 20.0 Å². The van der Waals surface area contributed by atoms with E-state index in [0.717, 1.165) is 16.0 Å². The maximum absolute atomic E-state index is 12.1. The summed E-state index contributed by atoms with van der Waals surface area (Å²) in [6.07, 6.45) is -1.16. The molecule has 2 N–H and O–H groups in total. The number of halogens is 3. The minimum Gasteiger partial charge on any atom is -0.374 e. The quantitative estimate of drug-likeness (QED) is 0.920. The molecule has 2 rings (SSSR count). The summed E-state index contributed by atoms with van der Waals surface area (Å²) in [7, 11) is 0. The highest BCUT2D eigenvalue weighted by molar-refractivity contribution is 7.18. The molecule has 0 amide bonds. The summed E-state index contributed by atoms with van der Waals surface area (Å²) in [5.41, 5.74) is 5.72. The van der Waals surface area contributed by atoms with Crippen molar-refractivity contribution in [3.05, 3.63) is 11.2 Å². The predicted octanol–water partition coefficient (Wildman–Crippen LogP) is 1.90. The van der Waals surface area contributed by atoms with Crippen LogP contribution in [0.25, 0.3) is 10.7 Å². The smallest absolute Gasteiger partial charge is 0.257 e. The lowest BCUT2D eigenvalue weighted by Crippen LogP contribution is -2.06. The van der Waals surface area contributed by atoms with E-state index in [1.807, 2.05) is 0 Å². The Bertz CT molecular complexity index is 497. The maximum atomic E-state index is 12.1. The fourth-order valence-corrected chi connectivity index (χ4v) is 2.01. The van der Waals surface area contributed by atoms with Crippen molar-refractivity contribution >= 4 is 28.1 Å². The highest BCUT2D eigenvalue weighted by Crippen LogP contribution is 2.29. The monoisotopic (exact) mass is 265 g/mol. The van der Waals surface area contributed by atoms with E-state index in [2.05, 4.69) is 15.3 Å². The molecule has 2 aromatic heterocycles. The normalized spacial score (nSPS) is 11.2. The molecular formula is C7H6ClF2N5S. The molecule has 0 saturated carbocycles. The van der Waals surface area contributed by atoms with Crippen LogP contribution in [-0.2, 0) is 6.54 Å². The van der Waals surface area contributed by atoms with Gasteiger partial charge in [-0.3, -0.25) is 4.68 Å². The Hall–Kier alpha value is -1.28. The summed E-state index contributed by atoms with van der Waals surface area (Å²) < 4.78 is 25.3. The van der Waals surface area contributed by atoms with E-state index in [1.165, 1.54) is 6.20 Å². The average Bonchev–Trinajstić information content (AvgIpc) is 2.72. The minimum absolute atomic E-state index is 0.247. The van der Waals surface area contributed by atoms with Gasteiger partial charge in [0, 0.05) is 6.20 Å². The number of alkyl halides is 2. The highest BCUT2D eigenvalue weighted by atomic mass is 35.5. The largest absolute Gasteiger partial charge is 0.374 e. The van der Waals surface area contributed by atoms with Crippen LogP contribution in [0.2, 0.25) is 5.02 Å². The van der Waals surface area contributed by atoms with Crippen molar-refractivity contribution in [1.29, 1.82) is 0 Å². The molecule has 0 saturated heterocycles. The number of hydrogen-bond donors (Lipinski definition) is 1. The highest BCUT2D eigenvalue weighted by Gasteiger charge is 2.15. The molecular weight excluding hydrogens is 260 g/mol. The Kier molecular flexibility index (Phi) is 3.01. The second-order valence-electron chi connectivity index (χ2n) is 2.88. The molecule has 16 heavy (non-hydrogen) atoms. The van der Waals surface area contributed by atoms with Gasteiger partial charge in [-0.15, -0.1) is 10.2 Å². The first kappa shape index (κ1) is 11.2. The van der Waals surface area contributed by atoms with Crippen LogP contribution >= 0.6 is 22.9 Å². The van der Waals surface area contributed by atoms with Crippen molar-refractivity contribution in [2.24, 2.45) is 0 Å². The SMILES string of the molecule is Nc1nnc(-c2nn(CC(F)F)cc2Cl)s1. The molecule has 0 radical (unpaired) electrons. The Labute approximate surface area is 97.8 Å². The number of nitrogen functional groups attached to an aromatic ring is 1. The summed E-state index contributed by atoms with van der Waals surface area (Å²) >= 11 is 6.94. The van der Waals surface area contributed by atoms with Crippen LogP contribution in [0.4, 0.5) is 13.9 Å². The second-order valence-corrected chi connectivity index (χ2v) is 4.30. The van der Waals surface area contributed by atoms with Gasteiger partial charge in [-0.25, -0.2) is 8.78 Å². The minimum atomic E-state index is -2.48. The molecule has 0 aliphatic carbocycles. The standard InChI is InChI=1S/C7H6ClF2N5S/c8-3-1-15(2-4(9)10)14-5(3)6-12-13-7(11)16-6/h1,4H,2H2,(H2,11,13). The number of nitrogens with zero attached hydrogens (tertiary/aromatic N) is 4. The van der Waals surface area contributed by atoms with Crippen molar-refractivity contribution < 1.29 is 8.78 Å². The number of hydrogen-bond acceptors (Lipinski definition) is 5. The lowest BCUT2D eigenvalue weighted by molar-refractivity contribution is 0.122. The van der Waals surface area contributed by atoms with E-state index in [1.54, 1.807) is 0 Å². The van der Waals surface area contributed by atoms with Gasteiger partial charge in [-0.05, 0) is 0 Å².